The van der Waals surface area contributed by atoms with Gasteiger partial charge in [0, 0.05) is 6.07 Å². The van der Waals surface area contributed by atoms with Gasteiger partial charge in [0.1, 0.15) is 11.5 Å². The van der Waals surface area contributed by atoms with Gasteiger partial charge in [0.25, 0.3) is 0 Å². The molecule has 1 atom stereocenters. The Hall–Kier alpha value is -1.36. The third kappa shape index (κ3) is 3.20. The Labute approximate surface area is 129 Å². The van der Waals surface area contributed by atoms with E-state index in [0.717, 1.165) is 0 Å². The summed E-state index contributed by atoms with van der Waals surface area (Å²) in [6.07, 6.45) is -0.530. The van der Waals surface area contributed by atoms with Gasteiger partial charge in [0.15, 0.2) is 6.10 Å². The molecule has 0 bridgehead atoms. The smallest absolute Gasteiger partial charge is 0.371 e. The molecule has 2 rings (SSSR count). The van der Waals surface area contributed by atoms with Gasteiger partial charge in [0.2, 0.25) is 5.76 Å². The summed E-state index contributed by atoms with van der Waals surface area (Å²) in [4.78, 5) is 10.7. The molecule has 1 aromatic heterocycles. The number of carboxylic acid groups (broad SMARTS) is 1. The van der Waals surface area contributed by atoms with Gasteiger partial charge in [-0.2, -0.15) is 0 Å². The fourth-order valence-corrected chi connectivity index (χ4v) is 2.11. The molecule has 4 nitrogen and oxygen atoms in total. The van der Waals surface area contributed by atoms with Crippen LogP contribution in [-0.2, 0) is 0 Å². The highest BCUT2D eigenvalue weighted by Crippen LogP contribution is 2.36. The maximum atomic E-state index is 10.7. The average molecular weight is 336 g/mol. The van der Waals surface area contributed by atoms with Gasteiger partial charge in [-0.05, 0) is 25.1 Å². The predicted octanol–water partition coefficient (Wildman–Crippen LogP) is 5.08. The minimum Gasteiger partial charge on any atom is -0.481 e. The van der Waals surface area contributed by atoms with E-state index in [-0.39, 0.29) is 5.76 Å². The van der Waals surface area contributed by atoms with Crippen LogP contribution in [0, 0.1) is 0 Å². The van der Waals surface area contributed by atoms with Crippen molar-refractivity contribution in [3.05, 3.63) is 50.9 Å². The van der Waals surface area contributed by atoms with Crippen LogP contribution in [0.5, 0.6) is 5.75 Å². The number of rotatable bonds is 4. The first-order valence-electron chi connectivity index (χ1n) is 5.52. The Morgan fingerprint density at radius 1 is 1.20 bits per heavy atom. The van der Waals surface area contributed by atoms with Crippen LogP contribution in [-0.4, -0.2) is 11.1 Å². The van der Waals surface area contributed by atoms with Gasteiger partial charge in [-0.15, -0.1) is 0 Å². The Morgan fingerprint density at radius 3 is 2.45 bits per heavy atom. The number of halogens is 3. The molecule has 2 aromatic rings. The molecule has 1 unspecified atom stereocenters. The highest BCUT2D eigenvalue weighted by atomic mass is 35.5. The second-order valence-corrected chi connectivity index (χ2v) is 5.19. The van der Waals surface area contributed by atoms with Crippen LogP contribution in [0.4, 0.5) is 0 Å². The molecule has 1 N–H and O–H groups in total. The highest BCUT2D eigenvalue weighted by Gasteiger charge is 2.17. The monoisotopic (exact) mass is 334 g/mol. The molecular weight excluding hydrogens is 326 g/mol. The lowest BCUT2D eigenvalue weighted by molar-refractivity contribution is 0.0655. The zero-order valence-electron chi connectivity index (χ0n) is 10.2. The van der Waals surface area contributed by atoms with E-state index in [9.17, 15) is 4.79 Å². The van der Waals surface area contributed by atoms with E-state index in [4.69, 9.17) is 49.1 Å². The first kappa shape index (κ1) is 15.0. The molecule has 1 aromatic carbocycles. The van der Waals surface area contributed by atoms with Gasteiger partial charge in [0.05, 0.1) is 15.1 Å². The van der Waals surface area contributed by atoms with Crippen LogP contribution in [0.15, 0.2) is 28.7 Å². The van der Waals surface area contributed by atoms with Crippen molar-refractivity contribution in [2.45, 2.75) is 13.0 Å². The Kier molecular flexibility index (Phi) is 4.48. The van der Waals surface area contributed by atoms with Gasteiger partial charge in [-0.1, -0.05) is 34.8 Å². The number of carboxylic acids is 1. The Bertz CT molecular complexity index is 651. The molecular formula is C13H9Cl3O4. The zero-order valence-corrected chi connectivity index (χ0v) is 12.5. The van der Waals surface area contributed by atoms with E-state index in [2.05, 4.69) is 0 Å². The molecule has 0 fully saturated rings. The molecule has 1 heterocycles. The number of furan rings is 1. The SMILES string of the molecule is CC(Oc1cc(Cl)c(Cl)cc1Cl)c1ccc(C(=O)O)o1. The summed E-state index contributed by atoms with van der Waals surface area (Å²) in [5.41, 5.74) is 0. The quantitative estimate of drug-likeness (QED) is 0.792. The van der Waals surface area contributed by atoms with Crippen molar-refractivity contribution in [1.29, 1.82) is 0 Å². The number of ether oxygens (including phenoxy) is 1. The van der Waals surface area contributed by atoms with E-state index >= 15 is 0 Å². The van der Waals surface area contributed by atoms with E-state index in [1.807, 2.05) is 0 Å². The third-order valence-electron chi connectivity index (χ3n) is 2.52. The molecule has 0 aliphatic heterocycles. The van der Waals surface area contributed by atoms with Crippen LogP contribution in [0.1, 0.15) is 29.3 Å². The molecule has 0 saturated heterocycles. The van der Waals surface area contributed by atoms with E-state index < -0.39 is 12.1 Å². The summed E-state index contributed by atoms with van der Waals surface area (Å²) in [7, 11) is 0. The van der Waals surface area contributed by atoms with Gasteiger partial charge >= 0.3 is 5.97 Å². The Morgan fingerprint density at radius 2 is 1.85 bits per heavy atom. The largest absolute Gasteiger partial charge is 0.481 e. The standard InChI is InChI=1S/C13H9Cl3O4/c1-6(10-2-3-11(20-10)13(17)18)19-12-5-8(15)7(14)4-9(12)16/h2-6H,1H3,(H,17,18). The number of hydrogen-bond donors (Lipinski definition) is 1. The number of hydrogen-bond acceptors (Lipinski definition) is 3. The number of carbonyl (C=O) groups is 1. The summed E-state index contributed by atoms with van der Waals surface area (Å²) < 4.78 is 10.7. The number of aromatic carboxylic acids is 1. The molecule has 0 amide bonds. The minimum atomic E-state index is -1.14. The number of benzene rings is 1. The molecule has 0 aliphatic carbocycles. The highest BCUT2D eigenvalue weighted by molar-refractivity contribution is 6.43. The van der Waals surface area contributed by atoms with Crippen LogP contribution >= 0.6 is 34.8 Å². The van der Waals surface area contributed by atoms with Crippen LogP contribution in [0.2, 0.25) is 15.1 Å². The lowest BCUT2D eigenvalue weighted by Gasteiger charge is -2.14. The predicted molar refractivity (Wildman–Crippen MR) is 76.2 cm³/mol. The average Bonchev–Trinajstić information content (AvgIpc) is 2.85. The molecule has 0 aliphatic rings. The molecule has 0 spiro atoms. The van der Waals surface area contributed by atoms with Crippen molar-refractivity contribution >= 4 is 40.8 Å². The van der Waals surface area contributed by atoms with Crippen LogP contribution in [0.25, 0.3) is 0 Å². The van der Waals surface area contributed by atoms with Gasteiger partial charge < -0.3 is 14.3 Å². The van der Waals surface area contributed by atoms with E-state index in [1.54, 1.807) is 6.92 Å². The molecule has 0 radical (unpaired) electrons. The van der Waals surface area contributed by atoms with Crippen molar-refractivity contribution in [3.63, 3.8) is 0 Å². The molecule has 106 valence electrons. The lowest BCUT2D eigenvalue weighted by Crippen LogP contribution is -2.02. The van der Waals surface area contributed by atoms with Crippen molar-refractivity contribution < 1.29 is 19.1 Å². The topological polar surface area (TPSA) is 59.7 Å². The Balaban J connectivity index is 2.20. The van der Waals surface area contributed by atoms with Crippen molar-refractivity contribution in [2.75, 3.05) is 0 Å². The van der Waals surface area contributed by atoms with E-state index in [1.165, 1.54) is 24.3 Å². The molecule has 7 heteroatoms. The summed E-state index contributed by atoms with van der Waals surface area (Å²) in [5, 5.41) is 9.73. The first-order chi connectivity index (χ1) is 9.38. The summed E-state index contributed by atoms with van der Waals surface area (Å²) in [6, 6.07) is 5.84. The second-order valence-electron chi connectivity index (χ2n) is 3.96. The third-order valence-corrected chi connectivity index (χ3v) is 3.53. The summed E-state index contributed by atoms with van der Waals surface area (Å²) >= 11 is 17.7. The molecule has 20 heavy (non-hydrogen) atoms. The van der Waals surface area contributed by atoms with Crippen molar-refractivity contribution in [1.82, 2.24) is 0 Å². The normalized spacial score (nSPS) is 12.2. The molecule has 0 saturated carbocycles. The zero-order chi connectivity index (χ0) is 14.9. The van der Waals surface area contributed by atoms with Crippen molar-refractivity contribution in [3.8, 4) is 5.75 Å². The van der Waals surface area contributed by atoms with Crippen molar-refractivity contribution in [2.24, 2.45) is 0 Å². The van der Waals surface area contributed by atoms with Gasteiger partial charge in [-0.3, -0.25) is 0 Å². The minimum absolute atomic E-state index is 0.157. The van der Waals surface area contributed by atoms with Crippen LogP contribution in [0.3, 0.4) is 0 Å². The fourth-order valence-electron chi connectivity index (χ4n) is 1.53. The fraction of sp³-hybridized carbons (Fsp3) is 0.154. The maximum absolute atomic E-state index is 10.7. The van der Waals surface area contributed by atoms with Crippen LogP contribution < -0.4 is 4.74 Å². The lowest BCUT2D eigenvalue weighted by atomic mass is 10.3. The second kappa shape index (κ2) is 5.95. The van der Waals surface area contributed by atoms with Gasteiger partial charge in [-0.25, -0.2) is 4.79 Å². The van der Waals surface area contributed by atoms with E-state index in [0.29, 0.717) is 26.6 Å². The maximum Gasteiger partial charge on any atom is 0.371 e. The summed E-state index contributed by atoms with van der Waals surface area (Å²) in [5.74, 6) is -0.599. The summed E-state index contributed by atoms with van der Waals surface area (Å²) in [6.45, 7) is 1.70. The first-order valence-corrected chi connectivity index (χ1v) is 6.66.